The Hall–Kier alpha value is -3.88. The van der Waals surface area contributed by atoms with Crippen LogP contribution in [0.5, 0.6) is 0 Å². The minimum atomic E-state index is -5.21. The number of aliphatic hydroxyl groups is 2. The van der Waals surface area contributed by atoms with Crippen LogP contribution in [0.3, 0.4) is 0 Å². The summed E-state index contributed by atoms with van der Waals surface area (Å²) in [6.45, 7) is -1.13. The number of aliphatic hydroxyl groups excluding tert-OH is 1. The van der Waals surface area contributed by atoms with Crippen molar-refractivity contribution in [1.82, 2.24) is 24.9 Å². The first-order valence-electron chi connectivity index (χ1n) is 10.1. The second-order valence-electron chi connectivity index (χ2n) is 7.53. The maximum atomic E-state index is 14.2. The zero-order chi connectivity index (χ0) is 25.2. The lowest BCUT2D eigenvalue weighted by atomic mass is 10.0. The Bertz CT molecular complexity index is 1290. The number of anilines is 1. The molecule has 5 N–H and O–H groups in total. The number of nitrogens with zero attached hydrogens (tertiary/aromatic N) is 5. The van der Waals surface area contributed by atoms with Crippen molar-refractivity contribution in [3.05, 3.63) is 66.3 Å². The van der Waals surface area contributed by atoms with Crippen molar-refractivity contribution in [2.45, 2.75) is 24.6 Å². The number of hydrogen-bond donors (Lipinski definition) is 4. The molecule has 2 unspecified atom stereocenters. The highest BCUT2D eigenvalue weighted by Crippen LogP contribution is 2.32. The fourth-order valence-corrected chi connectivity index (χ4v) is 3.16. The Labute approximate surface area is 195 Å². The monoisotopic (exact) mass is 493 g/mol. The summed E-state index contributed by atoms with van der Waals surface area (Å²) in [7, 11) is 0. The molecule has 3 heterocycles. The highest BCUT2D eigenvalue weighted by molar-refractivity contribution is 5.63. The van der Waals surface area contributed by atoms with Crippen LogP contribution < -0.4 is 11.1 Å². The summed E-state index contributed by atoms with van der Waals surface area (Å²) in [5.74, 6) is -0.502. The summed E-state index contributed by atoms with van der Waals surface area (Å²) in [6.07, 6.45) is -5.18. The summed E-state index contributed by atoms with van der Waals surface area (Å²) < 4.78 is 60.1. The molecule has 4 aromatic rings. The predicted octanol–water partition coefficient (Wildman–Crippen LogP) is 2.16. The Morgan fingerprint density at radius 1 is 1.14 bits per heavy atom. The number of nitrogens with two attached hydrogens (primary N) is 1. The van der Waals surface area contributed by atoms with E-state index in [1.807, 2.05) is 0 Å². The SMILES string of the molecule is NC(O)C(O)(CNc1ccnc(-c2cc(-c3ccon3)n(Cc3ccccc3F)n2)n1)C(F)(F)F. The van der Waals surface area contributed by atoms with E-state index in [1.54, 1.807) is 30.3 Å². The van der Waals surface area contributed by atoms with Gasteiger partial charge in [-0.2, -0.15) is 18.3 Å². The molecule has 4 rings (SSSR count). The molecule has 14 heteroatoms. The molecule has 35 heavy (non-hydrogen) atoms. The zero-order valence-electron chi connectivity index (χ0n) is 17.8. The van der Waals surface area contributed by atoms with Gasteiger partial charge in [0.2, 0.25) is 5.60 Å². The van der Waals surface area contributed by atoms with Gasteiger partial charge in [0.05, 0.1) is 18.8 Å². The third-order valence-electron chi connectivity index (χ3n) is 5.16. The molecule has 1 aromatic carbocycles. The van der Waals surface area contributed by atoms with Crippen LogP contribution in [0.1, 0.15) is 5.56 Å². The van der Waals surface area contributed by atoms with E-state index in [0.29, 0.717) is 17.0 Å². The Morgan fingerprint density at radius 3 is 2.57 bits per heavy atom. The van der Waals surface area contributed by atoms with Gasteiger partial charge in [-0.15, -0.1) is 0 Å². The predicted molar refractivity (Wildman–Crippen MR) is 114 cm³/mol. The highest BCUT2D eigenvalue weighted by Gasteiger charge is 2.57. The average Bonchev–Trinajstić information content (AvgIpc) is 3.48. The van der Waals surface area contributed by atoms with Gasteiger partial charge in [-0.1, -0.05) is 23.4 Å². The summed E-state index contributed by atoms with van der Waals surface area (Å²) in [4.78, 5) is 8.23. The number of halogens is 4. The van der Waals surface area contributed by atoms with Crippen molar-refractivity contribution in [3.8, 4) is 22.9 Å². The summed E-state index contributed by atoms with van der Waals surface area (Å²) in [6, 6.07) is 10.5. The second-order valence-corrected chi connectivity index (χ2v) is 7.53. The van der Waals surface area contributed by atoms with Crippen LogP contribution >= 0.6 is 0 Å². The van der Waals surface area contributed by atoms with E-state index in [2.05, 4.69) is 25.5 Å². The standard InChI is InChI=1S/C21H19F4N7O3/c22-13-4-2-1-3-12(13)10-32-16(14-6-8-35-31-14)9-15(30-32)18-27-7-5-17(29-18)28-11-20(34,19(26)33)21(23,24)25/h1-9,19,33-34H,10-11,26H2,(H,27,28,29). The Kier molecular flexibility index (Phi) is 6.51. The topological polar surface area (TPSA) is 148 Å². The minimum Gasteiger partial charge on any atom is -0.376 e. The van der Waals surface area contributed by atoms with E-state index in [9.17, 15) is 27.8 Å². The van der Waals surface area contributed by atoms with Crippen LogP contribution in [0, 0.1) is 5.82 Å². The normalized spacial score (nSPS) is 14.5. The van der Waals surface area contributed by atoms with Gasteiger partial charge < -0.3 is 25.8 Å². The van der Waals surface area contributed by atoms with E-state index in [-0.39, 0.29) is 23.9 Å². The third kappa shape index (κ3) is 4.99. The van der Waals surface area contributed by atoms with Gasteiger partial charge in [0.1, 0.15) is 35.5 Å². The molecule has 0 radical (unpaired) electrons. The molecule has 0 amide bonds. The van der Waals surface area contributed by atoms with Crippen molar-refractivity contribution in [2.24, 2.45) is 5.73 Å². The van der Waals surface area contributed by atoms with Gasteiger partial charge in [-0.25, -0.2) is 14.4 Å². The minimum absolute atomic E-state index is 0.0240. The zero-order valence-corrected chi connectivity index (χ0v) is 17.8. The molecule has 10 nitrogen and oxygen atoms in total. The van der Waals surface area contributed by atoms with Crippen LogP contribution in [-0.2, 0) is 6.54 Å². The molecule has 0 aliphatic carbocycles. The molecule has 2 atom stereocenters. The van der Waals surface area contributed by atoms with E-state index in [1.165, 1.54) is 29.3 Å². The molecule has 0 aliphatic heterocycles. The molecule has 184 valence electrons. The summed E-state index contributed by atoms with van der Waals surface area (Å²) >= 11 is 0. The number of hydrogen-bond acceptors (Lipinski definition) is 9. The number of nitrogens with one attached hydrogen (secondary N) is 1. The largest absolute Gasteiger partial charge is 0.422 e. The number of aromatic nitrogens is 5. The van der Waals surface area contributed by atoms with Crippen molar-refractivity contribution < 1.29 is 32.3 Å². The smallest absolute Gasteiger partial charge is 0.376 e. The summed E-state index contributed by atoms with van der Waals surface area (Å²) in [5, 5.41) is 29.7. The Balaban J connectivity index is 1.64. The third-order valence-corrected chi connectivity index (χ3v) is 5.16. The van der Waals surface area contributed by atoms with Gasteiger partial charge in [-0.3, -0.25) is 4.68 Å². The molecule has 0 aliphatic rings. The first kappa shape index (κ1) is 24.3. The number of rotatable bonds is 8. The van der Waals surface area contributed by atoms with Crippen LogP contribution in [0.25, 0.3) is 22.9 Å². The fraction of sp³-hybridized carbons (Fsp3) is 0.238. The lowest BCUT2D eigenvalue weighted by molar-refractivity contribution is -0.283. The van der Waals surface area contributed by atoms with Crippen LogP contribution in [0.15, 0.2) is 59.4 Å². The molecular weight excluding hydrogens is 474 g/mol. The maximum absolute atomic E-state index is 14.2. The first-order valence-corrected chi connectivity index (χ1v) is 10.1. The van der Waals surface area contributed by atoms with E-state index >= 15 is 0 Å². The van der Waals surface area contributed by atoms with Crippen molar-refractivity contribution >= 4 is 5.82 Å². The van der Waals surface area contributed by atoms with Gasteiger partial charge in [0, 0.05) is 17.8 Å². The number of benzene rings is 1. The fourth-order valence-electron chi connectivity index (χ4n) is 3.16. The quantitative estimate of drug-likeness (QED) is 0.214. The number of alkyl halides is 3. The lowest BCUT2D eigenvalue weighted by Gasteiger charge is -2.32. The van der Waals surface area contributed by atoms with E-state index < -0.39 is 30.4 Å². The molecule has 0 fully saturated rings. The molecule has 0 saturated carbocycles. The molecular formula is C21H19F4N7O3. The molecule has 3 aromatic heterocycles. The van der Waals surface area contributed by atoms with E-state index in [4.69, 9.17) is 10.3 Å². The van der Waals surface area contributed by atoms with Gasteiger partial charge in [-0.05, 0) is 18.2 Å². The Morgan fingerprint density at radius 2 is 1.91 bits per heavy atom. The molecule has 0 spiro atoms. The molecule has 0 saturated heterocycles. The van der Waals surface area contributed by atoms with Gasteiger partial charge >= 0.3 is 6.18 Å². The van der Waals surface area contributed by atoms with Crippen molar-refractivity contribution in [1.29, 1.82) is 0 Å². The van der Waals surface area contributed by atoms with Crippen LogP contribution in [-0.4, -0.2) is 59.7 Å². The maximum Gasteiger partial charge on any atom is 0.422 e. The first-order chi connectivity index (χ1) is 16.6. The van der Waals surface area contributed by atoms with Crippen molar-refractivity contribution in [2.75, 3.05) is 11.9 Å². The highest BCUT2D eigenvalue weighted by atomic mass is 19.4. The van der Waals surface area contributed by atoms with Crippen LogP contribution in [0.2, 0.25) is 0 Å². The van der Waals surface area contributed by atoms with Crippen molar-refractivity contribution in [3.63, 3.8) is 0 Å². The summed E-state index contributed by atoms with van der Waals surface area (Å²) in [5.41, 5.74) is 2.76. The second kappa shape index (κ2) is 9.40. The van der Waals surface area contributed by atoms with Gasteiger partial charge in [0.15, 0.2) is 5.82 Å². The average molecular weight is 493 g/mol. The molecule has 0 bridgehead atoms. The van der Waals surface area contributed by atoms with Gasteiger partial charge in [0.25, 0.3) is 0 Å². The lowest BCUT2D eigenvalue weighted by Crippen LogP contribution is -2.62. The van der Waals surface area contributed by atoms with E-state index in [0.717, 1.165) is 0 Å². The van der Waals surface area contributed by atoms with Crippen LogP contribution in [0.4, 0.5) is 23.4 Å².